The van der Waals surface area contributed by atoms with Gasteiger partial charge in [0.1, 0.15) is 0 Å². The number of fused-ring (bicyclic) bond motifs is 1. The van der Waals surface area contributed by atoms with Crippen LogP contribution in [0.25, 0.3) is 0 Å². The Morgan fingerprint density at radius 3 is 2.45 bits per heavy atom. The molecule has 0 spiro atoms. The van der Waals surface area contributed by atoms with E-state index in [1.54, 1.807) is 6.07 Å². The standard InChI is InChI=1S/C16H17NO4S/c18-22(19,17-12-13-5-2-1-3-6-13)14-7-8-15-16(11-14)21-10-4-9-20-15/h1-3,5-8,11,17H,4,9-10,12H2. The SMILES string of the molecule is O=S(=O)(NCc1ccccc1)c1ccc2c(c1)OCCCO2. The first-order valence-corrected chi connectivity index (χ1v) is 8.57. The Balaban J connectivity index is 1.78. The molecule has 1 N–H and O–H groups in total. The fourth-order valence-corrected chi connectivity index (χ4v) is 3.20. The van der Waals surface area contributed by atoms with E-state index in [2.05, 4.69) is 4.72 Å². The molecule has 0 bridgehead atoms. The zero-order valence-corrected chi connectivity index (χ0v) is 12.8. The molecule has 6 heteroatoms. The quantitative estimate of drug-likeness (QED) is 0.939. The molecule has 0 fully saturated rings. The molecule has 0 unspecified atom stereocenters. The number of rotatable bonds is 4. The van der Waals surface area contributed by atoms with E-state index in [4.69, 9.17) is 9.47 Å². The molecule has 5 nitrogen and oxygen atoms in total. The average molecular weight is 319 g/mol. The summed E-state index contributed by atoms with van der Waals surface area (Å²) in [6.45, 7) is 1.34. The first-order valence-electron chi connectivity index (χ1n) is 7.08. The van der Waals surface area contributed by atoms with Crippen LogP contribution in [-0.4, -0.2) is 21.6 Å². The molecule has 0 saturated carbocycles. The molecule has 2 aromatic rings. The summed E-state index contributed by atoms with van der Waals surface area (Å²) in [5, 5.41) is 0. The van der Waals surface area contributed by atoms with E-state index in [0.29, 0.717) is 24.7 Å². The maximum Gasteiger partial charge on any atom is 0.241 e. The number of hydrogen-bond acceptors (Lipinski definition) is 4. The van der Waals surface area contributed by atoms with Crippen molar-refractivity contribution < 1.29 is 17.9 Å². The van der Waals surface area contributed by atoms with Crippen LogP contribution in [0.5, 0.6) is 11.5 Å². The highest BCUT2D eigenvalue weighted by Crippen LogP contribution is 2.31. The van der Waals surface area contributed by atoms with Crippen molar-refractivity contribution in [1.82, 2.24) is 4.72 Å². The van der Waals surface area contributed by atoms with Gasteiger partial charge in [0, 0.05) is 19.0 Å². The third-order valence-electron chi connectivity index (χ3n) is 3.34. The minimum atomic E-state index is -3.59. The molecule has 116 valence electrons. The first kappa shape index (κ1) is 14.9. The smallest absolute Gasteiger partial charge is 0.241 e. The van der Waals surface area contributed by atoms with Gasteiger partial charge >= 0.3 is 0 Å². The Bertz CT molecular complexity index is 744. The Labute approximate surface area is 129 Å². The van der Waals surface area contributed by atoms with Crippen molar-refractivity contribution in [3.63, 3.8) is 0 Å². The Kier molecular flexibility index (Phi) is 4.31. The van der Waals surface area contributed by atoms with E-state index < -0.39 is 10.0 Å². The highest BCUT2D eigenvalue weighted by Gasteiger charge is 2.18. The van der Waals surface area contributed by atoms with Crippen molar-refractivity contribution in [2.75, 3.05) is 13.2 Å². The van der Waals surface area contributed by atoms with Crippen molar-refractivity contribution in [2.45, 2.75) is 17.9 Å². The summed E-state index contributed by atoms with van der Waals surface area (Å²) in [7, 11) is -3.59. The third-order valence-corrected chi connectivity index (χ3v) is 4.74. The van der Waals surface area contributed by atoms with Crippen LogP contribution in [-0.2, 0) is 16.6 Å². The summed E-state index contributed by atoms with van der Waals surface area (Å²) < 4.78 is 38.4. The first-order chi connectivity index (χ1) is 10.6. The van der Waals surface area contributed by atoms with E-state index in [9.17, 15) is 8.42 Å². The monoisotopic (exact) mass is 319 g/mol. The van der Waals surface area contributed by atoms with Crippen molar-refractivity contribution >= 4 is 10.0 Å². The molecule has 0 atom stereocenters. The van der Waals surface area contributed by atoms with Gasteiger partial charge in [-0.15, -0.1) is 0 Å². The van der Waals surface area contributed by atoms with Crippen molar-refractivity contribution in [1.29, 1.82) is 0 Å². The molecule has 2 aromatic carbocycles. The largest absolute Gasteiger partial charge is 0.490 e. The molecule has 0 amide bonds. The molecule has 1 heterocycles. The highest BCUT2D eigenvalue weighted by molar-refractivity contribution is 7.89. The van der Waals surface area contributed by atoms with Crippen molar-refractivity contribution in [3.8, 4) is 11.5 Å². The minimum absolute atomic E-state index is 0.174. The summed E-state index contributed by atoms with van der Waals surface area (Å²) in [4.78, 5) is 0.174. The summed E-state index contributed by atoms with van der Waals surface area (Å²) in [5.41, 5.74) is 0.903. The number of nitrogens with one attached hydrogen (secondary N) is 1. The minimum Gasteiger partial charge on any atom is -0.490 e. The number of ether oxygens (including phenoxy) is 2. The van der Waals surface area contributed by atoms with Crippen LogP contribution in [0, 0.1) is 0 Å². The molecule has 1 aliphatic heterocycles. The second kappa shape index (κ2) is 6.37. The van der Waals surface area contributed by atoms with E-state index in [1.165, 1.54) is 12.1 Å². The lowest BCUT2D eigenvalue weighted by Gasteiger charge is -2.11. The Morgan fingerprint density at radius 2 is 1.68 bits per heavy atom. The van der Waals surface area contributed by atoms with Crippen LogP contribution in [0.15, 0.2) is 53.4 Å². The molecule has 1 aliphatic rings. The van der Waals surface area contributed by atoms with Crippen LogP contribution >= 0.6 is 0 Å². The van der Waals surface area contributed by atoms with Gasteiger partial charge in [0.15, 0.2) is 11.5 Å². The highest BCUT2D eigenvalue weighted by atomic mass is 32.2. The van der Waals surface area contributed by atoms with Gasteiger partial charge in [-0.3, -0.25) is 0 Å². The lowest BCUT2D eigenvalue weighted by molar-refractivity contribution is 0.297. The van der Waals surface area contributed by atoms with Crippen LogP contribution < -0.4 is 14.2 Å². The Hall–Kier alpha value is -2.05. The van der Waals surface area contributed by atoms with Crippen LogP contribution in [0.1, 0.15) is 12.0 Å². The zero-order chi connectivity index (χ0) is 15.4. The van der Waals surface area contributed by atoms with Gasteiger partial charge in [0.05, 0.1) is 18.1 Å². The second-order valence-corrected chi connectivity index (χ2v) is 6.74. The number of sulfonamides is 1. The number of hydrogen-bond donors (Lipinski definition) is 1. The van der Waals surface area contributed by atoms with E-state index in [-0.39, 0.29) is 11.4 Å². The lowest BCUT2D eigenvalue weighted by atomic mass is 10.2. The molecule has 0 aliphatic carbocycles. The lowest BCUT2D eigenvalue weighted by Crippen LogP contribution is -2.23. The van der Waals surface area contributed by atoms with Crippen LogP contribution in [0.2, 0.25) is 0 Å². The van der Waals surface area contributed by atoms with Crippen LogP contribution in [0.3, 0.4) is 0 Å². The predicted octanol–water partition coefficient (Wildman–Crippen LogP) is 2.33. The Morgan fingerprint density at radius 1 is 0.955 bits per heavy atom. The fourth-order valence-electron chi connectivity index (χ4n) is 2.17. The summed E-state index contributed by atoms with van der Waals surface area (Å²) >= 11 is 0. The predicted molar refractivity (Wildman–Crippen MR) is 82.5 cm³/mol. The van der Waals surface area contributed by atoms with Gasteiger partial charge in [-0.05, 0) is 17.7 Å². The van der Waals surface area contributed by atoms with Gasteiger partial charge in [0.25, 0.3) is 0 Å². The molecular weight excluding hydrogens is 302 g/mol. The molecule has 22 heavy (non-hydrogen) atoms. The molecule has 0 saturated heterocycles. The summed E-state index contributed by atoms with van der Waals surface area (Å²) in [6.07, 6.45) is 0.781. The van der Waals surface area contributed by atoms with E-state index in [0.717, 1.165) is 12.0 Å². The van der Waals surface area contributed by atoms with Crippen molar-refractivity contribution in [3.05, 3.63) is 54.1 Å². The topological polar surface area (TPSA) is 64.6 Å². The fraction of sp³-hybridized carbons (Fsp3) is 0.250. The van der Waals surface area contributed by atoms with E-state index in [1.807, 2.05) is 30.3 Å². The summed E-state index contributed by atoms with van der Waals surface area (Å²) in [5.74, 6) is 1.06. The maximum atomic E-state index is 12.4. The second-order valence-electron chi connectivity index (χ2n) is 4.97. The molecule has 0 aromatic heterocycles. The number of benzene rings is 2. The summed E-state index contributed by atoms with van der Waals surface area (Å²) in [6, 6.07) is 14.1. The molecule has 3 rings (SSSR count). The molecular formula is C16H17NO4S. The van der Waals surface area contributed by atoms with Gasteiger partial charge < -0.3 is 9.47 Å². The normalized spacial score (nSPS) is 14.4. The maximum absolute atomic E-state index is 12.4. The average Bonchev–Trinajstić information content (AvgIpc) is 2.78. The molecule has 0 radical (unpaired) electrons. The third kappa shape index (κ3) is 3.40. The van der Waals surface area contributed by atoms with Crippen molar-refractivity contribution in [2.24, 2.45) is 0 Å². The van der Waals surface area contributed by atoms with Crippen LogP contribution in [0.4, 0.5) is 0 Å². The zero-order valence-electron chi connectivity index (χ0n) is 12.0. The van der Waals surface area contributed by atoms with Gasteiger partial charge in [-0.2, -0.15) is 0 Å². The van der Waals surface area contributed by atoms with Gasteiger partial charge in [-0.25, -0.2) is 13.1 Å². The van der Waals surface area contributed by atoms with Gasteiger partial charge in [0.2, 0.25) is 10.0 Å². The van der Waals surface area contributed by atoms with E-state index >= 15 is 0 Å². The van der Waals surface area contributed by atoms with Gasteiger partial charge in [-0.1, -0.05) is 30.3 Å².